The number of carbonyl (C=O) groups excluding carboxylic acids is 3. The van der Waals surface area contributed by atoms with Crippen molar-refractivity contribution in [3.05, 3.63) is 58.2 Å². The summed E-state index contributed by atoms with van der Waals surface area (Å²) in [5, 5.41) is 8.38. The van der Waals surface area contributed by atoms with Crippen LogP contribution in [0.3, 0.4) is 0 Å². The molecule has 3 aromatic heterocycles. The Morgan fingerprint density at radius 1 is 1.19 bits per heavy atom. The molecule has 12 nitrogen and oxygen atoms in total. The Bertz CT molecular complexity index is 2030. The minimum absolute atomic E-state index is 0.120. The Labute approximate surface area is 320 Å². The Morgan fingerprint density at radius 2 is 1.98 bits per heavy atom. The van der Waals surface area contributed by atoms with Gasteiger partial charge in [0.15, 0.2) is 0 Å². The van der Waals surface area contributed by atoms with Crippen LogP contribution in [-0.2, 0) is 48.0 Å². The number of esters is 1. The lowest BCUT2D eigenvalue weighted by molar-refractivity contribution is -0.155. The number of thiazole rings is 1. The maximum Gasteiger partial charge on any atom is 0.324 e. The largest absolute Gasteiger partial charge is 0.464 e. The van der Waals surface area contributed by atoms with Crippen LogP contribution in [0.2, 0.25) is 0 Å². The van der Waals surface area contributed by atoms with Crippen molar-refractivity contribution in [1.29, 1.82) is 0 Å². The average Bonchev–Trinajstić information content (AvgIpc) is 3.44. The summed E-state index contributed by atoms with van der Waals surface area (Å²) < 4.78 is 19.8. The third kappa shape index (κ3) is 7.56. The number of methoxy groups -OCH3 is 2. The van der Waals surface area contributed by atoms with Crippen LogP contribution < -0.4 is 10.7 Å². The van der Waals surface area contributed by atoms with Gasteiger partial charge >= 0.3 is 5.97 Å². The van der Waals surface area contributed by atoms with Crippen molar-refractivity contribution >= 4 is 40.0 Å². The molecule has 13 heteroatoms. The van der Waals surface area contributed by atoms with Gasteiger partial charge in [-0.15, -0.1) is 11.3 Å². The molecule has 2 amide bonds. The topological polar surface area (TPSA) is 137 Å². The number of nitrogens with zero attached hydrogens (tertiary/aromatic N) is 4. The van der Waals surface area contributed by atoms with Crippen LogP contribution in [-0.4, -0.2) is 83.4 Å². The fourth-order valence-corrected chi connectivity index (χ4v) is 8.91. The monoisotopic (exact) mass is 756 g/mol. The van der Waals surface area contributed by atoms with Crippen molar-refractivity contribution < 1.29 is 28.6 Å². The summed E-state index contributed by atoms with van der Waals surface area (Å²) >= 11 is 1.48. The fourth-order valence-electron chi connectivity index (χ4n) is 8.06. The second-order valence-corrected chi connectivity index (χ2v) is 16.9. The predicted molar refractivity (Wildman–Crippen MR) is 207 cm³/mol. The highest BCUT2D eigenvalue weighted by molar-refractivity contribution is 7.10. The van der Waals surface area contributed by atoms with Gasteiger partial charge < -0.3 is 24.1 Å². The minimum Gasteiger partial charge on any atom is -0.464 e. The number of nitrogens with one attached hydrogen (secondary N) is 2. The van der Waals surface area contributed by atoms with Crippen LogP contribution in [0.15, 0.2) is 41.9 Å². The van der Waals surface area contributed by atoms with Crippen LogP contribution in [0.4, 0.5) is 0 Å². The highest BCUT2D eigenvalue weighted by atomic mass is 32.1. The Balaban J connectivity index is 1.36. The van der Waals surface area contributed by atoms with Crippen molar-refractivity contribution in [1.82, 2.24) is 30.3 Å². The van der Waals surface area contributed by atoms with E-state index >= 15 is 0 Å². The lowest BCUT2D eigenvalue weighted by Crippen LogP contribution is -2.60. The third-order valence-corrected chi connectivity index (χ3v) is 12.4. The number of amides is 2. The molecule has 0 radical (unpaired) electrons. The molecule has 1 saturated carbocycles. The van der Waals surface area contributed by atoms with E-state index in [1.54, 1.807) is 20.4 Å². The summed E-state index contributed by atoms with van der Waals surface area (Å²) in [5.74, 6) is -0.402. The quantitative estimate of drug-likeness (QED) is 0.216. The summed E-state index contributed by atoms with van der Waals surface area (Å²) in [6, 6.07) is 8.94. The van der Waals surface area contributed by atoms with Gasteiger partial charge in [0.25, 0.3) is 5.91 Å². The fraction of sp³-hybridized carbons (Fsp3) is 0.537. The first-order valence-electron chi connectivity index (χ1n) is 19.0. The van der Waals surface area contributed by atoms with E-state index in [9.17, 15) is 14.4 Å². The van der Waals surface area contributed by atoms with Gasteiger partial charge in [-0.1, -0.05) is 33.8 Å². The number of ether oxygens (including phenoxy) is 3. The summed E-state index contributed by atoms with van der Waals surface area (Å²) in [5.41, 5.74) is 9.40. The first-order valence-corrected chi connectivity index (χ1v) is 19.9. The summed E-state index contributed by atoms with van der Waals surface area (Å²) in [6.45, 7) is 12.0. The minimum atomic E-state index is -0.841. The van der Waals surface area contributed by atoms with Crippen LogP contribution in [0.1, 0.15) is 69.8 Å². The highest BCUT2D eigenvalue weighted by Crippen LogP contribution is 2.46. The molecular formula is C41H52N6O6S. The molecule has 7 rings (SSSR count). The van der Waals surface area contributed by atoms with Gasteiger partial charge in [-0.3, -0.25) is 24.4 Å². The number of fused-ring (bicyclic) bond motifs is 6. The smallest absolute Gasteiger partial charge is 0.324 e. The van der Waals surface area contributed by atoms with Gasteiger partial charge in [0.2, 0.25) is 5.91 Å². The molecule has 0 spiro atoms. The molecule has 1 saturated heterocycles. The summed E-state index contributed by atoms with van der Waals surface area (Å²) in [4.78, 5) is 51.0. The number of hydrogen-bond donors (Lipinski definition) is 2. The van der Waals surface area contributed by atoms with E-state index in [4.69, 9.17) is 24.2 Å². The third-order valence-electron chi connectivity index (χ3n) is 11.5. The number of cyclic esters (lactones) is 1. The molecule has 2 N–H and O–H groups in total. The lowest BCUT2D eigenvalue weighted by atomic mass is 9.84. The molecule has 1 aromatic carbocycles. The molecule has 4 aromatic rings. The Kier molecular flexibility index (Phi) is 11.0. The molecule has 288 valence electrons. The van der Waals surface area contributed by atoms with Gasteiger partial charge in [-0.2, -0.15) is 0 Å². The molecule has 2 fully saturated rings. The van der Waals surface area contributed by atoms with Crippen molar-refractivity contribution in [2.75, 3.05) is 34.0 Å². The van der Waals surface area contributed by atoms with E-state index in [0.717, 1.165) is 49.7 Å². The molecule has 3 aliphatic rings. The van der Waals surface area contributed by atoms with Crippen molar-refractivity contribution in [3.63, 3.8) is 0 Å². The molecule has 1 unspecified atom stereocenters. The number of rotatable bonds is 8. The first-order chi connectivity index (χ1) is 25.9. The van der Waals surface area contributed by atoms with Crippen molar-refractivity contribution in [2.45, 2.75) is 85.0 Å². The number of carbonyl (C=O) groups is 3. The van der Waals surface area contributed by atoms with Gasteiger partial charge in [0.05, 0.1) is 41.4 Å². The molecular weight excluding hydrogens is 705 g/mol. The molecule has 2 aliphatic heterocycles. The van der Waals surface area contributed by atoms with Gasteiger partial charge in [-0.25, -0.2) is 10.4 Å². The second-order valence-electron chi connectivity index (χ2n) is 15.9. The zero-order valence-electron chi connectivity index (χ0n) is 32.3. The van der Waals surface area contributed by atoms with E-state index in [1.165, 1.54) is 16.3 Å². The SMILES string of the molecule is COCCn1c(-c2cccnc2[C@H](C)OC)c2c3cc(ccc31)-c1csc(n1)C[C@H](NC(=O)C1[C@@H](C)[C@H]1C)C(=O)N1CCC[C@H](N1)C(=O)OCC(C)(C)C2. The predicted octanol–water partition coefficient (Wildman–Crippen LogP) is 5.73. The lowest BCUT2D eigenvalue weighted by Gasteiger charge is -2.35. The standard InChI is InChI=1S/C41H52N6O6S/c1-23-24(2)35(23)38(48)44-31-19-34-43-32(21-54-34)26-12-13-33-28(18-26)29(20-41(4,5)22-53-40(50)30-11-9-15-47(45-30)39(31)49)37(46(33)16-17-51-6)27-10-8-14-42-36(27)25(3)52-7/h8,10,12-14,18,21,23-25,30-31,35,45H,9,11,15-17,19-20,22H2,1-7H3,(H,44,48)/t23-,24+,25-,30-,31-,35?/m0/s1. The number of hydrogen-bond acceptors (Lipinski definition) is 10. The Morgan fingerprint density at radius 3 is 2.72 bits per heavy atom. The Hall–Kier alpha value is -4.17. The van der Waals surface area contributed by atoms with Crippen LogP contribution >= 0.6 is 11.3 Å². The first kappa shape index (κ1) is 38.1. The van der Waals surface area contributed by atoms with Crippen LogP contribution in [0.25, 0.3) is 33.4 Å². The van der Waals surface area contributed by atoms with Crippen molar-refractivity contribution in [2.24, 2.45) is 23.2 Å². The zero-order chi connectivity index (χ0) is 38.3. The van der Waals surface area contributed by atoms with E-state index in [2.05, 4.69) is 67.3 Å². The van der Waals surface area contributed by atoms with Gasteiger partial charge in [0.1, 0.15) is 12.1 Å². The molecule has 6 bridgehead atoms. The van der Waals surface area contributed by atoms with Gasteiger partial charge in [-0.05, 0) is 67.9 Å². The number of benzene rings is 1. The van der Waals surface area contributed by atoms with E-state index in [0.29, 0.717) is 39.0 Å². The van der Waals surface area contributed by atoms with Crippen molar-refractivity contribution in [3.8, 4) is 22.5 Å². The van der Waals surface area contributed by atoms with Crippen LogP contribution in [0, 0.1) is 23.2 Å². The molecule has 6 atom stereocenters. The molecule has 1 aliphatic carbocycles. The number of aromatic nitrogens is 3. The van der Waals surface area contributed by atoms with E-state index in [-0.39, 0.29) is 48.7 Å². The van der Waals surface area contributed by atoms with Gasteiger partial charge in [0, 0.05) is 78.7 Å². The van der Waals surface area contributed by atoms with E-state index in [1.807, 2.05) is 18.4 Å². The highest BCUT2D eigenvalue weighted by Gasteiger charge is 2.49. The summed E-state index contributed by atoms with van der Waals surface area (Å²) in [6.07, 6.45) is 3.53. The number of pyridine rings is 1. The zero-order valence-corrected chi connectivity index (χ0v) is 33.1. The summed E-state index contributed by atoms with van der Waals surface area (Å²) in [7, 11) is 3.40. The van der Waals surface area contributed by atoms with Crippen LogP contribution in [0.5, 0.6) is 0 Å². The normalized spacial score (nSPS) is 24.9. The maximum absolute atomic E-state index is 14.1. The number of hydrazine groups is 1. The second kappa shape index (κ2) is 15.5. The average molecular weight is 757 g/mol. The van der Waals surface area contributed by atoms with E-state index < -0.39 is 23.5 Å². The molecule has 54 heavy (non-hydrogen) atoms. The molecule has 5 heterocycles. The maximum atomic E-state index is 14.1.